The molecule has 0 aliphatic heterocycles. The van der Waals surface area contributed by atoms with Gasteiger partial charge in [0.2, 0.25) is 0 Å². The predicted octanol–water partition coefficient (Wildman–Crippen LogP) is 4.16. The Labute approximate surface area is 112 Å². The van der Waals surface area contributed by atoms with E-state index in [9.17, 15) is 0 Å². The standard InChI is InChI=1S/C16H27NO/c1-6-18-15-10-8-7-9-13(15)14(17)11-12(2)16(3,4)5/h7-10,12,14H,6,11,17H2,1-5H3. The Balaban J connectivity index is 2.81. The molecule has 0 aliphatic rings. The molecule has 0 aromatic heterocycles. The fraction of sp³-hybridized carbons (Fsp3) is 0.625. The molecule has 0 saturated heterocycles. The van der Waals surface area contributed by atoms with E-state index in [2.05, 4.69) is 33.8 Å². The summed E-state index contributed by atoms with van der Waals surface area (Å²) < 4.78 is 5.65. The van der Waals surface area contributed by atoms with Gasteiger partial charge in [0.25, 0.3) is 0 Å². The molecule has 0 amide bonds. The van der Waals surface area contributed by atoms with E-state index in [0.29, 0.717) is 12.5 Å². The first-order valence-electron chi connectivity index (χ1n) is 6.83. The molecule has 1 aromatic carbocycles. The lowest BCUT2D eigenvalue weighted by Gasteiger charge is -2.30. The molecule has 2 nitrogen and oxygen atoms in total. The highest BCUT2D eigenvalue weighted by atomic mass is 16.5. The van der Waals surface area contributed by atoms with Gasteiger partial charge in [0.05, 0.1) is 6.61 Å². The quantitative estimate of drug-likeness (QED) is 0.850. The van der Waals surface area contributed by atoms with E-state index in [4.69, 9.17) is 10.5 Å². The van der Waals surface area contributed by atoms with Crippen LogP contribution in [0.25, 0.3) is 0 Å². The number of benzene rings is 1. The molecule has 2 N–H and O–H groups in total. The normalized spacial score (nSPS) is 15.2. The van der Waals surface area contributed by atoms with E-state index in [-0.39, 0.29) is 11.5 Å². The maximum Gasteiger partial charge on any atom is 0.124 e. The Morgan fingerprint density at radius 2 is 1.83 bits per heavy atom. The molecule has 0 heterocycles. The number of para-hydroxylation sites is 1. The van der Waals surface area contributed by atoms with Crippen molar-refractivity contribution in [2.24, 2.45) is 17.1 Å². The van der Waals surface area contributed by atoms with Gasteiger partial charge in [-0.25, -0.2) is 0 Å². The van der Waals surface area contributed by atoms with Gasteiger partial charge in [-0.1, -0.05) is 45.9 Å². The SMILES string of the molecule is CCOc1ccccc1C(N)CC(C)C(C)(C)C. The molecule has 18 heavy (non-hydrogen) atoms. The second kappa shape index (κ2) is 6.24. The first kappa shape index (κ1) is 15.0. The maximum absolute atomic E-state index is 6.34. The first-order chi connectivity index (χ1) is 8.36. The summed E-state index contributed by atoms with van der Waals surface area (Å²) in [7, 11) is 0. The summed E-state index contributed by atoms with van der Waals surface area (Å²) in [5.74, 6) is 1.50. The number of nitrogens with two attached hydrogens (primary N) is 1. The van der Waals surface area contributed by atoms with Gasteiger partial charge in [-0.15, -0.1) is 0 Å². The Morgan fingerprint density at radius 1 is 1.22 bits per heavy atom. The molecule has 2 atom stereocenters. The highest BCUT2D eigenvalue weighted by molar-refractivity contribution is 5.35. The first-order valence-corrected chi connectivity index (χ1v) is 6.83. The van der Waals surface area contributed by atoms with Gasteiger partial charge in [-0.05, 0) is 30.7 Å². The van der Waals surface area contributed by atoms with Crippen molar-refractivity contribution in [1.82, 2.24) is 0 Å². The van der Waals surface area contributed by atoms with Crippen molar-refractivity contribution in [1.29, 1.82) is 0 Å². The van der Waals surface area contributed by atoms with Gasteiger partial charge in [-0.3, -0.25) is 0 Å². The van der Waals surface area contributed by atoms with Crippen LogP contribution >= 0.6 is 0 Å². The van der Waals surface area contributed by atoms with E-state index in [1.165, 1.54) is 0 Å². The summed E-state index contributed by atoms with van der Waals surface area (Å²) in [6, 6.07) is 8.14. The van der Waals surface area contributed by atoms with Crippen molar-refractivity contribution in [3.8, 4) is 5.75 Å². The topological polar surface area (TPSA) is 35.2 Å². The third-order valence-electron chi connectivity index (χ3n) is 3.70. The van der Waals surface area contributed by atoms with Gasteiger partial charge in [-0.2, -0.15) is 0 Å². The monoisotopic (exact) mass is 249 g/mol. The summed E-state index contributed by atoms with van der Waals surface area (Å²) in [6.07, 6.45) is 0.980. The second-order valence-corrected chi connectivity index (χ2v) is 6.08. The number of ether oxygens (including phenoxy) is 1. The average Bonchev–Trinajstić information content (AvgIpc) is 2.28. The van der Waals surface area contributed by atoms with E-state index >= 15 is 0 Å². The van der Waals surface area contributed by atoms with Crippen LogP contribution in [0.5, 0.6) is 5.75 Å². The van der Waals surface area contributed by atoms with Crippen LogP contribution in [0, 0.1) is 11.3 Å². The van der Waals surface area contributed by atoms with Crippen molar-refractivity contribution in [2.75, 3.05) is 6.61 Å². The molecule has 0 radical (unpaired) electrons. The molecule has 1 rings (SSSR count). The lowest BCUT2D eigenvalue weighted by atomic mass is 9.77. The molecule has 102 valence electrons. The van der Waals surface area contributed by atoms with Crippen LogP contribution in [-0.4, -0.2) is 6.61 Å². The fourth-order valence-corrected chi connectivity index (χ4v) is 1.94. The van der Waals surface area contributed by atoms with Gasteiger partial charge in [0, 0.05) is 11.6 Å². The molecule has 0 fully saturated rings. The summed E-state index contributed by atoms with van der Waals surface area (Å²) in [6.45, 7) is 11.7. The fourth-order valence-electron chi connectivity index (χ4n) is 1.94. The number of hydrogen-bond donors (Lipinski definition) is 1. The molecule has 0 aliphatic carbocycles. The summed E-state index contributed by atoms with van der Waals surface area (Å²) in [5.41, 5.74) is 7.75. The van der Waals surface area contributed by atoms with Gasteiger partial charge in [0.1, 0.15) is 5.75 Å². The van der Waals surface area contributed by atoms with Crippen molar-refractivity contribution < 1.29 is 4.74 Å². The van der Waals surface area contributed by atoms with Crippen molar-refractivity contribution >= 4 is 0 Å². The van der Waals surface area contributed by atoms with Crippen molar-refractivity contribution in [3.05, 3.63) is 29.8 Å². The third-order valence-corrected chi connectivity index (χ3v) is 3.70. The molecule has 1 aromatic rings. The minimum absolute atomic E-state index is 0.0435. The third kappa shape index (κ3) is 4.02. The Bertz CT molecular complexity index is 368. The molecular weight excluding hydrogens is 222 g/mol. The lowest BCUT2D eigenvalue weighted by molar-refractivity contribution is 0.232. The predicted molar refractivity (Wildman–Crippen MR) is 77.8 cm³/mol. The largest absolute Gasteiger partial charge is 0.494 e. The molecule has 2 unspecified atom stereocenters. The Kier molecular flexibility index (Phi) is 5.21. The van der Waals surface area contributed by atoms with Gasteiger partial charge < -0.3 is 10.5 Å². The van der Waals surface area contributed by atoms with E-state index < -0.39 is 0 Å². The Hall–Kier alpha value is -1.02. The summed E-state index contributed by atoms with van der Waals surface area (Å²) in [5, 5.41) is 0. The van der Waals surface area contributed by atoms with Gasteiger partial charge in [0.15, 0.2) is 0 Å². The highest BCUT2D eigenvalue weighted by Gasteiger charge is 2.23. The average molecular weight is 249 g/mol. The van der Waals surface area contributed by atoms with E-state index in [1.807, 2.05) is 25.1 Å². The number of rotatable bonds is 5. The van der Waals surface area contributed by atoms with Crippen LogP contribution in [0.15, 0.2) is 24.3 Å². The zero-order chi connectivity index (χ0) is 13.8. The molecular formula is C16H27NO. The van der Waals surface area contributed by atoms with Crippen molar-refractivity contribution in [3.63, 3.8) is 0 Å². The Morgan fingerprint density at radius 3 is 2.39 bits per heavy atom. The zero-order valence-electron chi connectivity index (χ0n) is 12.4. The summed E-state index contributed by atoms with van der Waals surface area (Å²) >= 11 is 0. The molecule has 2 heteroatoms. The highest BCUT2D eigenvalue weighted by Crippen LogP contribution is 2.34. The van der Waals surface area contributed by atoms with Gasteiger partial charge >= 0.3 is 0 Å². The molecule has 0 saturated carbocycles. The zero-order valence-corrected chi connectivity index (χ0v) is 12.4. The smallest absolute Gasteiger partial charge is 0.124 e. The van der Waals surface area contributed by atoms with Crippen LogP contribution in [0.3, 0.4) is 0 Å². The minimum Gasteiger partial charge on any atom is -0.494 e. The maximum atomic E-state index is 6.34. The minimum atomic E-state index is 0.0435. The van der Waals surface area contributed by atoms with Crippen molar-refractivity contribution in [2.45, 2.75) is 47.1 Å². The lowest BCUT2D eigenvalue weighted by Crippen LogP contribution is -2.23. The number of hydrogen-bond acceptors (Lipinski definition) is 2. The van der Waals surface area contributed by atoms with E-state index in [0.717, 1.165) is 17.7 Å². The molecule has 0 bridgehead atoms. The van der Waals surface area contributed by atoms with Crippen LogP contribution in [0.2, 0.25) is 0 Å². The van der Waals surface area contributed by atoms with Crippen LogP contribution in [0.1, 0.15) is 52.6 Å². The van der Waals surface area contributed by atoms with Crippen LogP contribution in [-0.2, 0) is 0 Å². The molecule has 0 spiro atoms. The summed E-state index contributed by atoms with van der Waals surface area (Å²) in [4.78, 5) is 0. The second-order valence-electron chi connectivity index (χ2n) is 6.08. The van der Waals surface area contributed by atoms with E-state index in [1.54, 1.807) is 0 Å². The van der Waals surface area contributed by atoms with Crippen LogP contribution in [0.4, 0.5) is 0 Å². The van der Waals surface area contributed by atoms with Crippen LogP contribution < -0.4 is 10.5 Å².